The van der Waals surface area contributed by atoms with Gasteiger partial charge in [-0.2, -0.15) is 0 Å². The van der Waals surface area contributed by atoms with Crippen LogP contribution >= 0.6 is 0 Å². The molecular formula is C24H27N3O3. The number of carbonyl (C=O) groups is 1. The van der Waals surface area contributed by atoms with Gasteiger partial charge < -0.3 is 10.4 Å². The van der Waals surface area contributed by atoms with E-state index in [0.717, 1.165) is 36.2 Å². The molecule has 1 aliphatic carbocycles. The minimum absolute atomic E-state index is 0.0359. The quantitative estimate of drug-likeness (QED) is 0.650. The predicted molar refractivity (Wildman–Crippen MR) is 118 cm³/mol. The average molecular weight is 405 g/mol. The zero-order valence-corrected chi connectivity index (χ0v) is 17.8. The van der Waals surface area contributed by atoms with Crippen molar-refractivity contribution in [3.05, 3.63) is 69.3 Å². The molecule has 0 radical (unpaired) electrons. The molecule has 1 atom stereocenters. The van der Waals surface area contributed by atoms with Crippen LogP contribution in [0.1, 0.15) is 66.5 Å². The molecule has 4 rings (SSSR count). The largest absolute Gasteiger partial charge is 0.478 e. The molecule has 1 heterocycles. The van der Waals surface area contributed by atoms with Crippen molar-refractivity contribution in [1.29, 1.82) is 0 Å². The van der Waals surface area contributed by atoms with E-state index in [2.05, 4.69) is 12.2 Å². The third-order valence-electron chi connectivity index (χ3n) is 6.35. The van der Waals surface area contributed by atoms with Crippen molar-refractivity contribution in [2.24, 2.45) is 7.05 Å². The smallest absolute Gasteiger partial charge is 0.337 e. The molecule has 1 fully saturated rings. The van der Waals surface area contributed by atoms with Gasteiger partial charge in [0.25, 0.3) is 5.56 Å². The minimum Gasteiger partial charge on any atom is -0.478 e. The van der Waals surface area contributed by atoms with Gasteiger partial charge in [0.15, 0.2) is 0 Å². The first kappa shape index (κ1) is 20.1. The number of hydrogen-bond donors (Lipinski definition) is 2. The molecule has 0 aliphatic heterocycles. The van der Waals surface area contributed by atoms with Crippen molar-refractivity contribution >= 4 is 22.6 Å². The first-order valence-electron chi connectivity index (χ1n) is 10.3. The Bertz CT molecular complexity index is 1210. The van der Waals surface area contributed by atoms with E-state index in [1.54, 1.807) is 35.9 Å². The van der Waals surface area contributed by atoms with Gasteiger partial charge in [-0.1, -0.05) is 31.5 Å². The van der Waals surface area contributed by atoms with E-state index >= 15 is 0 Å². The Morgan fingerprint density at radius 1 is 1.27 bits per heavy atom. The molecule has 6 heteroatoms. The van der Waals surface area contributed by atoms with E-state index < -0.39 is 5.97 Å². The summed E-state index contributed by atoms with van der Waals surface area (Å²) in [6.45, 7) is 6.10. The number of aromatic nitrogens is 2. The van der Waals surface area contributed by atoms with Crippen molar-refractivity contribution in [1.82, 2.24) is 9.55 Å². The fourth-order valence-corrected chi connectivity index (χ4v) is 4.46. The summed E-state index contributed by atoms with van der Waals surface area (Å²) in [4.78, 5) is 29.8. The van der Waals surface area contributed by atoms with E-state index in [1.807, 2.05) is 26.0 Å². The van der Waals surface area contributed by atoms with Crippen LogP contribution in [-0.2, 0) is 12.5 Å². The first-order chi connectivity index (χ1) is 14.2. The number of nitrogens with zero attached hydrogens (tertiary/aromatic N) is 2. The number of aryl methyl sites for hydroxylation is 1. The number of fused-ring (bicyclic) bond motifs is 1. The van der Waals surface area contributed by atoms with Crippen LogP contribution in [0.4, 0.5) is 5.69 Å². The number of carboxylic acids is 1. The molecule has 3 aromatic rings. The molecular weight excluding hydrogens is 378 g/mol. The van der Waals surface area contributed by atoms with Crippen LogP contribution in [-0.4, -0.2) is 20.6 Å². The zero-order valence-electron chi connectivity index (χ0n) is 17.8. The SMILES string of the molecule is Cc1cc(C(C)Nc2ccccc2C(=O)O)c2nc(C3(C)CCC3)n(C)c(=O)c2c1. The van der Waals surface area contributed by atoms with Crippen LogP contribution in [0.5, 0.6) is 0 Å². The van der Waals surface area contributed by atoms with Gasteiger partial charge in [0.2, 0.25) is 0 Å². The Morgan fingerprint density at radius 2 is 1.97 bits per heavy atom. The highest BCUT2D eigenvalue weighted by Gasteiger charge is 2.37. The third-order valence-corrected chi connectivity index (χ3v) is 6.35. The lowest BCUT2D eigenvalue weighted by molar-refractivity contribution is 0.0698. The Labute approximate surface area is 175 Å². The Hall–Kier alpha value is -3.15. The number of nitrogens with one attached hydrogen (secondary N) is 1. The molecule has 6 nitrogen and oxygen atoms in total. The molecule has 1 saturated carbocycles. The number of aromatic carboxylic acids is 1. The van der Waals surface area contributed by atoms with Crippen LogP contribution in [0.15, 0.2) is 41.2 Å². The average Bonchev–Trinajstić information content (AvgIpc) is 2.69. The highest BCUT2D eigenvalue weighted by Crippen LogP contribution is 2.42. The van der Waals surface area contributed by atoms with Gasteiger partial charge in [0, 0.05) is 23.7 Å². The monoisotopic (exact) mass is 405 g/mol. The molecule has 1 aromatic heterocycles. The summed E-state index contributed by atoms with van der Waals surface area (Å²) >= 11 is 0. The molecule has 0 spiro atoms. The van der Waals surface area contributed by atoms with Crippen molar-refractivity contribution in [2.45, 2.75) is 51.5 Å². The first-order valence-corrected chi connectivity index (χ1v) is 10.3. The number of benzene rings is 2. The van der Waals surface area contributed by atoms with Gasteiger partial charge in [-0.3, -0.25) is 9.36 Å². The second-order valence-electron chi connectivity index (χ2n) is 8.68. The highest BCUT2D eigenvalue weighted by molar-refractivity contribution is 5.94. The fourth-order valence-electron chi connectivity index (χ4n) is 4.46. The molecule has 0 amide bonds. The van der Waals surface area contributed by atoms with Crippen molar-refractivity contribution in [2.75, 3.05) is 5.32 Å². The molecule has 156 valence electrons. The summed E-state index contributed by atoms with van der Waals surface area (Å²) < 4.78 is 1.70. The number of rotatable bonds is 5. The summed E-state index contributed by atoms with van der Waals surface area (Å²) in [7, 11) is 1.81. The van der Waals surface area contributed by atoms with Crippen LogP contribution < -0.4 is 10.9 Å². The van der Waals surface area contributed by atoms with Crippen LogP contribution in [0, 0.1) is 6.92 Å². The number of hydrogen-bond acceptors (Lipinski definition) is 4. The van der Waals surface area contributed by atoms with Gasteiger partial charge in [0.05, 0.1) is 22.5 Å². The summed E-state index contributed by atoms with van der Waals surface area (Å²) in [6, 6.07) is 10.5. The molecule has 0 bridgehead atoms. The highest BCUT2D eigenvalue weighted by atomic mass is 16.4. The second kappa shape index (κ2) is 7.27. The van der Waals surface area contributed by atoms with Crippen molar-refractivity contribution in [3.8, 4) is 0 Å². The number of anilines is 1. The van der Waals surface area contributed by atoms with Crippen LogP contribution in [0.2, 0.25) is 0 Å². The topological polar surface area (TPSA) is 84.2 Å². The fraction of sp³-hybridized carbons (Fsp3) is 0.375. The number of carboxylic acid groups (broad SMARTS) is 1. The summed E-state index contributed by atoms with van der Waals surface area (Å²) in [5.74, 6) is -0.152. The van der Waals surface area contributed by atoms with Gasteiger partial charge in [-0.05, 0) is 50.5 Å². The summed E-state index contributed by atoms with van der Waals surface area (Å²) in [5.41, 5.74) is 3.21. The third kappa shape index (κ3) is 3.26. The number of para-hydroxylation sites is 1. The Kier molecular flexibility index (Phi) is 4.88. The lowest BCUT2D eigenvalue weighted by atomic mass is 9.69. The van der Waals surface area contributed by atoms with E-state index in [0.29, 0.717) is 16.6 Å². The summed E-state index contributed by atoms with van der Waals surface area (Å²) in [5, 5.41) is 13.4. The normalized spacial score (nSPS) is 16.1. The molecule has 0 saturated heterocycles. The molecule has 2 aromatic carbocycles. The van der Waals surface area contributed by atoms with E-state index in [-0.39, 0.29) is 22.6 Å². The van der Waals surface area contributed by atoms with Gasteiger partial charge >= 0.3 is 5.97 Å². The van der Waals surface area contributed by atoms with E-state index in [4.69, 9.17) is 4.98 Å². The molecule has 1 unspecified atom stereocenters. The Morgan fingerprint density at radius 3 is 2.60 bits per heavy atom. The zero-order chi connectivity index (χ0) is 21.6. The van der Waals surface area contributed by atoms with Crippen LogP contribution in [0.25, 0.3) is 10.9 Å². The predicted octanol–water partition coefficient (Wildman–Crippen LogP) is 4.55. The van der Waals surface area contributed by atoms with E-state index in [9.17, 15) is 14.7 Å². The lowest BCUT2D eigenvalue weighted by Gasteiger charge is -2.38. The minimum atomic E-state index is -0.980. The maximum Gasteiger partial charge on any atom is 0.337 e. The standard InChI is InChI=1S/C24H27N3O3/c1-14-12-17(15(2)25-19-9-6-5-8-16(19)22(29)30)20-18(13-14)21(28)27(4)23(26-20)24(3)10-7-11-24/h5-6,8-9,12-13,15,25H,7,10-11H2,1-4H3,(H,29,30). The van der Waals surface area contributed by atoms with Crippen molar-refractivity contribution in [3.63, 3.8) is 0 Å². The molecule has 30 heavy (non-hydrogen) atoms. The van der Waals surface area contributed by atoms with E-state index in [1.165, 1.54) is 0 Å². The second-order valence-corrected chi connectivity index (χ2v) is 8.68. The van der Waals surface area contributed by atoms with Gasteiger partial charge in [0.1, 0.15) is 5.82 Å². The maximum atomic E-state index is 13.2. The van der Waals surface area contributed by atoms with Gasteiger partial charge in [-0.25, -0.2) is 9.78 Å². The summed E-state index contributed by atoms with van der Waals surface area (Å²) in [6.07, 6.45) is 3.20. The maximum absolute atomic E-state index is 13.2. The van der Waals surface area contributed by atoms with Crippen LogP contribution in [0.3, 0.4) is 0 Å². The van der Waals surface area contributed by atoms with Gasteiger partial charge in [-0.15, -0.1) is 0 Å². The Balaban J connectivity index is 1.86. The lowest BCUT2D eigenvalue weighted by Crippen LogP contribution is -2.38. The van der Waals surface area contributed by atoms with Crippen molar-refractivity contribution < 1.29 is 9.90 Å². The molecule has 1 aliphatic rings. The molecule has 2 N–H and O–H groups in total.